The second-order valence-corrected chi connectivity index (χ2v) is 5.93. The molecule has 2 nitrogen and oxygen atoms in total. The van der Waals surface area contributed by atoms with Gasteiger partial charge in [0.15, 0.2) is 0 Å². The van der Waals surface area contributed by atoms with E-state index in [1.54, 1.807) is 0 Å². The van der Waals surface area contributed by atoms with Crippen molar-refractivity contribution in [3.05, 3.63) is 0 Å². The van der Waals surface area contributed by atoms with Gasteiger partial charge in [0.25, 0.3) is 0 Å². The van der Waals surface area contributed by atoms with Crippen LogP contribution in [0.4, 0.5) is 0 Å². The third-order valence-electron chi connectivity index (χ3n) is 3.63. The predicted octanol–water partition coefficient (Wildman–Crippen LogP) is 3.98. The molecule has 100 valence electrons. The van der Waals surface area contributed by atoms with Gasteiger partial charge in [-0.05, 0) is 31.6 Å². The molecule has 0 saturated carbocycles. The molecule has 0 spiro atoms. The van der Waals surface area contributed by atoms with Crippen molar-refractivity contribution in [1.29, 1.82) is 0 Å². The van der Waals surface area contributed by atoms with Crippen molar-refractivity contribution in [2.24, 2.45) is 5.92 Å². The third kappa shape index (κ3) is 5.89. The van der Waals surface area contributed by atoms with E-state index in [4.69, 9.17) is 0 Å². The second kappa shape index (κ2) is 8.96. The lowest BCUT2D eigenvalue weighted by Crippen LogP contribution is -2.39. The number of alkyl halides is 1. The van der Waals surface area contributed by atoms with Gasteiger partial charge in [0.2, 0.25) is 5.91 Å². The van der Waals surface area contributed by atoms with Crippen molar-refractivity contribution in [3.8, 4) is 0 Å². The summed E-state index contributed by atoms with van der Waals surface area (Å²) in [4.78, 5) is 14.1. The molecule has 1 rings (SSSR count). The number of nitrogens with zero attached hydrogens (tertiary/aromatic N) is 1. The van der Waals surface area contributed by atoms with E-state index in [1.807, 2.05) is 0 Å². The molecular weight excluding hydrogens is 278 g/mol. The first-order valence-electron chi connectivity index (χ1n) is 7.11. The van der Waals surface area contributed by atoms with E-state index in [0.717, 1.165) is 37.2 Å². The standard InChI is InChI=1S/C14H26BrNO/c1-2-3-4-5-8-14(17)16-11-6-7-13(12-16)9-10-15/h13H,2-12H2,1H3. The maximum atomic E-state index is 12.0. The molecule has 1 unspecified atom stereocenters. The minimum absolute atomic E-state index is 0.389. The van der Waals surface area contributed by atoms with E-state index in [9.17, 15) is 4.79 Å². The van der Waals surface area contributed by atoms with Gasteiger partial charge in [-0.25, -0.2) is 0 Å². The Morgan fingerprint density at radius 2 is 2.18 bits per heavy atom. The van der Waals surface area contributed by atoms with Crippen LogP contribution >= 0.6 is 15.9 Å². The Hall–Kier alpha value is -0.0500. The summed E-state index contributed by atoms with van der Waals surface area (Å²) in [5.74, 6) is 1.11. The van der Waals surface area contributed by atoms with Gasteiger partial charge in [-0.3, -0.25) is 4.79 Å². The van der Waals surface area contributed by atoms with E-state index in [1.165, 1.54) is 38.5 Å². The minimum Gasteiger partial charge on any atom is -0.342 e. The highest BCUT2D eigenvalue weighted by atomic mass is 79.9. The number of unbranched alkanes of at least 4 members (excludes halogenated alkanes) is 3. The van der Waals surface area contributed by atoms with Crippen LogP contribution in [0.5, 0.6) is 0 Å². The largest absolute Gasteiger partial charge is 0.342 e. The fourth-order valence-electron chi connectivity index (χ4n) is 2.54. The Balaban J connectivity index is 2.21. The number of rotatable bonds is 7. The van der Waals surface area contributed by atoms with Crippen LogP contribution in [-0.4, -0.2) is 29.2 Å². The van der Waals surface area contributed by atoms with E-state index in [-0.39, 0.29) is 0 Å². The summed E-state index contributed by atoms with van der Waals surface area (Å²) < 4.78 is 0. The van der Waals surface area contributed by atoms with Gasteiger partial charge in [0.1, 0.15) is 0 Å². The molecule has 0 aliphatic carbocycles. The molecule has 1 aliphatic heterocycles. The van der Waals surface area contributed by atoms with Gasteiger partial charge in [-0.2, -0.15) is 0 Å². The Labute approximate surface area is 114 Å². The van der Waals surface area contributed by atoms with Crippen molar-refractivity contribution in [3.63, 3.8) is 0 Å². The quantitative estimate of drug-likeness (QED) is 0.514. The Kier molecular flexibility index (Phi) is 7.91. The number of likely N-dealkylation sites (tertiary alicyclic amines) is 1. The van der Waals surface area contributed by atoms with Crippen LogP contribution in [0.25, 0.3) is 0 Å². The van der Waals surface area contributed by atoms with Gasteiger partial charge in [-0.1, -0.05) is 42.1 Å². The third-order valence-corrected chi connectivity index (χ3v) is 4.09. The SMILES string of the molecule is CCCCCCC(=O)N1CCCC(CCBr)C1. The molecule has 1 atom stereocenters. The number of hydrogen-bond acceptors (Lipinski definition) is 1. The summed E-state index contributed by atoms with van der Waals surface area (Å²) in [7, 11) is 0. The lowest BCUT2D eigenvalue weighted by atomic mass is 9.95. The highest BCUT2D eigenvalue weighted by Crippen LogP contribution is 2.21. The van der Waals surface area contributed by atoms with Crippen LogP contribution in [0.1, 0.15) is 58.3 Å². The molecule has 1 amide bonds. The van der Waals surface area contributed by atoms with E-state index < -0.39 is 0 Å². The number of piperidine rings is 1. The molecule has 1 fully saturated rings. The van der Waals surface area contributed by atoms with E-state index in [2.05, 4.69) is 27.8 Å². The highest BCUT2D eigenvalue weighted by Gasteiger charge is 2.22. The van der Waals surface area contributed by atoms with E-state index >= 15 is 0 Å². The van der Waals surface area contributed by atoms with Crippen LogP contribution < -0.4 is 0 Å². The zero-order valence-electron chi connectivity index (χ0n) is 11.1. The summed E-state index contributed by atoms with van der Waals surface area (Å²) >= 11 is 3.50. The first kappa shape index (κ1) is 15.0. The lowest BCUT2D eigenvalue weighted by molar-refractivity contribution is -0.133. The molecule has 3 heteroatoms. The molecule has 0 aromatic rings. The molecular formula is C14H26BrNO. The summed E-state index contributed by atoms with van der Waals surface area (Å²) in [6, 6.07) is 0. The Morgan fingerprint density at radius 1 is 1.35 bits per heavy atom. The normalized spacial score (nSPS) is 20.6. The number of amides is 1. The van der Waals surface area contributed by atoms with Crippen molar-refractivity contribution in [2.75, 3.05) is 18.4 Å². The average Bonchev–Trinajstić information content (AvgIpc) is 2.35. The summed E-state index contributed by atoms with van der Waals surface area (Å²) in [5, 5.41) is 1.07. The molecule has 1 heterocycles. The minimum atomic E-state index is 0.389. The molecule has 1 aliphatic rings. The first-order valence-corrected chi connectivity index (χ1v) is 8.23. The molecule has 0 aromatic heterocycles. The van der Waals surface area contributed by atoms with Gasteiger partial charge >= 0.3 is 0 Å². The Morgan fingerprint density at radius 3 is 2.88 bits per heavy atom. The zero-order valence-corrected chi connectivity index (χ0v) is 12.7. The number of carbonyl (C=O) groups excluding carboxylic acids is 1. The van der Waals surface area contributed by atoms with Crippen molar-refractivity contribution in [1.82, 2.24) is 4.90 Å². The summed E-state index contributed by atoms with van der Waals surface area (Å²) in [6.07, 6.45) is 9.25. The van der Waals surface area contributed by atoms with Crippen molar-refractivity contribution in [2.45, 2.75) is 58.3 Å². The molecule has 0 radical (unpaired) electrons. The highest BCUT2D eigenvalue weighted by molar-refractivity contribution is 9.09. The van der Waals surface area contributed by atoms with Crippen LogP contribution in [0.3, 0.4) is 0 Å². The van der Waals surface area contributed by atoms with Crippen molar-refractivity contribution >= 4 is 21.8 Å². The number of carbonyl (C=O) groups is 1. The topological polar surface area (TPSA) is 20.3 Å². The van der Waals surface area contributed by atoms with Gasteiger partial charge in [0.05, 0.1) is 0 Å². The van der Waals surface area contributed by atoms with Gasteiger partial charge < -0.3 is 4.90 Å². The van der Waals surface area contributed by atoms with Crippen molar-refractivity contribution < 1.29 is 4.79 Å². The van der Waals surface area contributed by atoms with Crippen LogP contribution in [0, 0.1) is 5.92 Å². The maximum absolute atomic E-state index is 12.0. The zero-order chi connectivity index (χ0) is 12.5. The van der Waals surface area contributed by atoms with Crippen LogP contribution in [0.15, 0.2) is 0 Å². The van der Waals surface area contributed by atoms with Crippen LogP contribution in [0.2, 0.25) is 0 Å². The fraction of sp³-hybridized carbons (Fsp3) is 0.929. The molecule has 1 saturated heterocycles. The number of halogens is 1. The molecule has 0 aromatic carbocycles. The smallest absolute Gasteiger partial charge is 0.222 e. The predicted molar refractivity (Wildman–Crippen MR) is 76.5 cm³/mol. The number of hydrogen-bond donors (Lipinski definition) is 0. The Bertz CT molecular complexity index is 218. The monoisotopic (exact) mass is 303 g/mol. The average molecular weight is 304 g/mol. The van der Waals surface area contributed by atoms with Gasteiger partial charge in [-0.15, -0.1) is 0 Å². The van der Waals surface area contributed by atoms with Crippen LogP contribution in [-0.2, 0) is 4.79 Å². The summed E-state index contributed by atoms with van der Waals surface area (Å²) in [5.41, 5.74) is 0. The molecule has 0 bridgehead atoms. The fourth-order valence-corrected chi connectivity index (χ4v) is 3.19. The second-order valence-electron chi connectivity index (χ2n) is 5.14. The maximum Gasteiger partial charge on any atom is 0.222 e. The van der Waals surface area contributed by atoms with E-state index in [0.29, 0.717) is 5.91 Å². The molecule has 0 N–H and O–H groups in total. The first-order chi connectivity index (χ1) is 8.27. The molecule has 17 heavy (non-hydrogen) atoms. The summed E-state index contributed by atoms with van der Waals surface area (Å²) in [6.45, 7) is 4.20. The lowest BCUT2D eigenvalue weighted by Gasteiger charge is -2.32. The van der Waals surface area contributed by atoms with Gasteiger partial charge in [0, 0.05) is 24.8 Å².